The quantitative estimate of drug-likeness (QED) is 0.821. The van der Waals surface area contributed by atoms with Gasteiger partial charge in [0.1, 0.15) is 5.75 Å². The van der Waals surface area contributed by atoms with Crippen LogP contribution in [0.25, 0.3) is 0 Å². The lowest BCUT2D eigenvalue weighted by molar-refractivity contribution is 0.406. The second kappa shape index (κ2) is 6.01. The molecule has 2 heterocycles. The Morgan fingerprint density at radius 3 is 3.11 bits per heavy atom. The van der Waals surface area contributed by atoms with Gasteiger partial charge in [-0.05, 0) is 43.3 Å². The van der Waals surface area contributed by atoms with Gasteiger partial charge < -0.3 is 10.1 Å². The molecule has 0 aromatic carbocycles. The minimum Gasteiger partial charge on any atom is -0.494 e. The lowest BCUT2D eigenvalue weighted by atomic mass is 10.1. The smallest absolute Gasteiger partial charge is 0.253 e. The molecule has 1 aliphatic rings. The summed E-state index contributed by atoms with van der Waals surface area (Å²) in [6.07, 6.45) is 2.00. The Bertz CT molecular complexity index is 478. The largest absolute Gasteiger partial charge is 0.494 e. The molecular weight excluding hydrogens is 272 g/mol. The lowest BCUT2D eigenvalue weighted by Crippen LogP contribution is -2.26. The molecule has 1 aromatic rings. The normalized spacial score (nSPS) is 20.2. The summed E-state index contributed by atoms with van der Waals surface area (Å²) < 4.78 is 32.0. The summed E-state index contributed by atoms with van der Waals surface area (Å²) in [4.78, 5) is 0. The van der Waals surface area contributed by atoms with Crippen molar-refractivity contribution in [2.24, 2.45) is 5.92 Å². The first-order valence-corrected chi connectivity index (χ1v) is 8.31. The van der Waals surface area contributed by atoms with Crippen LogP contribution in [-0.2, 0) is 10.0 Å². The van der Waals surface area contributed by atoms with Crippen molar-refractivity contribution in [1.29, 1.82) is 0 Å². The van der Waals surface area contributed by atoms with Crippen LogP contribution in [0.5, 0.6) is 5.75 Å². The van der Waals surface area contributed by atoms with Gasteiger partial charge in [0, 0.05) is 6.54 Å². The molecule has 1 aliphatic heterocycles. The van der Waals surface area contributed by atoms with E-state index in [-0.39, 0.29) is 4.21 Å². The van der Waals surface area contributed by atoms with Crippen molar-refractivity contribution in [2.75, 3.05) is 26.7 Å². The van der Waals surface area contributed by atoms with E-state index in [4.69, 9.17) is 4.74 Å². The van der Waals surface area contributed by atoms with Gasteiger partial charge in [0.05, 0.1) is 7.11 Å². The van der Waals surface area contributed by atoms with E-state index < -0.39 is 10.0 Å². The van der Waals surface area contributed by atoms with Gasteiger partial charge >= 0.3 is 0 Å². The lowest BCUT2D eigenvalue weighted by Gasteiger charge is -2.09. The number of nitrogens with one attached hydrogen (secondary N) is 2. The van der Waals surface area contributed by atoms with Gasteiger partial charge in [-0.2, -0.15) is 0 Å². The second-order valence-corrected chi connectivity index (χ2v) is 7.20. The molecule has 0 aliphatic carbocycles. The monoisotopic (exact) mass is 290 g/mol. The summed E-state index contributed by atoms with van der Waals surface area (Å²) in [5.41, 5.74) is 0. The Balaban J connectivity index is 1.91. The fourth-order valence-electron chi connectivity index (χ4n) is 2.05. The zero-order valence-corrected chi connectivity index (χ0v) is 11.9. The first-order valence-electron chi connectivity index (χ1n) is 5.95. The highest BCUT2D eigenvalue weighted by atomic mass is 32.2. The molecule has 18 heavy (non-hydrogen) atoms. The average molecular weight is 290 g/mol. The molecule has 102 valence electrons. The van der Waals surface area contributed by atoms with Crippen LogP contribution in [0.3, 0.4) is 0 Å². The number of hydrogen-bond donors (Lipinski definition) is 2. The van der Waals surface area contributed by atoms with Gasteiger partial charge in [-0.1, -0.05) is 0 Å². The first-order chi connectivity index (χ1) is 8.63. The zero-order valence-electron chi connectivity index (χ0n) is 10.3. The Morgan fingerprint density at radius 1 is 1.61 bits per heavy atom. The van der Waals surface area contributed by atoms with Crippen molar-refractivity contribution in [2.45, 2.75) is 17.1 Å². The molecule has 0 spiro atoms. The minimum absolute atomic E-state index is 0.259. The SMILES string of the molecule is COc1ccsc1S(=O)(=O)NCCC1CCNC1. The van der Waals surface area contributed by atoms with Gasteiger partial charge in [0.15, 0.2) is 4.21 Å². The van der Waals surface area contributed by atoms with E-state index in [0.717, 1.165) is 25.9 Å². The van der Waals surface area contributed by atoms with E-state index in [9.17, 15) is 8.42 Å². The van der Waals surface area contributed by atoms with Gasteiger partial charge in [-0.3, -0.25) is 0 Å². The molecule has 2 N–H and O–H groups in total. The van der Waals surface area contributed by atoms with E-state index in [0.29, 0.717) is 18.2 Å². The van der Waals surface area contributed by atoms with E-state index in [1.54, 1.807) is 11.4 Å². The number of rotatable bonds is 6. The van der Waals surface area contributed by atoms with Crippen LogP contribution in [0, 0.1) is 5.92 Å². The molecule has 5 nitrogen and oxygen atoms in total. The van der Waals surface area contributed by atoms with Crippen LogP contribution >= 0.6 is 11.3 Å². The van der Waals surface area contributed by atoms with Crippen molar-refractivity contribution in [3.63, 3.8) is 0 Å². The van der Waals surface area contributed by atoms with Crippen LogP contribution in [0.4, 0.5) is 0 Å². The van der Waals surface area contributed by atoms with E-state index in [1.807, 2.05) is 0 Å². The fourth-order valence-corrected chi connectivity index (χ4v) is 4.42. The highest BCUT2D eigenvalue weighted by molar-refractivity contribution is 7.91. The number of methoxy groups -OCH3 is 1. The molecular formula is C11H18N2O3S2. The van der Waals surface area contributed by atoms with Crippen LogP contribution in [0.15, 0.2) is 15.7 Å². The average Bonchev–Trinajstić information content (AvgIpc) is 2.99. The molecule has 0 bridgehead atoms. The third-order valence-corrected chi connectivity index (χ3v) is 5.97. The van der Waals surface area contributed by atoms with Crippen molar-refractivity contribution < 1.29 is 13.2 Å². The van der Waals surface area contributed by atoms with Crippen LogP contribution in [-0.4, -0.2) is 35.2 Å². The molecule has 7 heteroatoms. The van der Waals surface area contributed by atoms with Crippen molar-refractivity contribution in [1.82, 2.24) is 10.0 Å². The summed E-state index contributed by atoms with van der Waals surface area (Å²) in [5, 5.41) is 4.99. The van der Waals surface area contributed by atoms with E-state index >= 15 is 0 Å². The highest BCUT2D eigenvalue weighted by Gasteiger charge is 2.21. The third-order valence-electron chi connectivity index (χ3n) is 3.07. The second-order valence-electron chi connectivity index (χ2n) is 4.32. The molecule has 0 amide bonds. The van der Waals surface area contributed by atoms with Crippen LogP contribution < -0.4 is 14.8 Å². The third kappa shape index (κ3) is 3.23. The molecule has 2 rings (SSSR count). The predicted octanol–water partition coefficient (Wildman–Crippen LogP) is 1.03. The maximum absolute atomic E-state index is 12.1. The summed E-state index contributed by atoms with van der Waals surface area (Å²) >= 11 is 1.18. The van der Waals surface area contributed by atoms with E-state index in [2.05, 4.69) is 10.0 Å². The van der Waals surface area contributed by atoms with Gasteiger partial charge in [-0.25, -0.2) is 13.1 Å². The van der Waals surface area contributed by atoms with Gasteiger partial charge in [0.25, 0.3) is 10.0 Å². The summed E-state index contributed by atoms with van der Waals surface area (Å²) in [7, 11) is -1.95. The summed E-state index contributed by atoms with van der Waals surface area (Å²) in [6, 6.07) is 1.67. The number of thiophene rings is 1. The summed E-state index contributed by atoms with van der Waals surface area (Å²) in [6.45, 7) is 2.51. The van der Waals surface area contributed by atoms with Gasteiger partial charge in [-0.15, -0.1) is 11.3 Å². The Kier molecular flexibility index (Phi) is 4.60. The first kappa shape index (κ1) is 13.8. The Morgan fingerprint density at radius 2 is 2.44 bits per heavy atom. The number of hydrogen-bond acceptors (Lipinski definition) is 5. The fraction of sp³-hybridized carbons (Fsp3) is 0.636. The van der Waals surface area contributed by atoms with Gasteiger partial charge in [0.2, 0.25) is 0 Å². The topological polar surface area (TPSA) is 67.4 Å². The molecule has 0 saturated carbocycles. The minimum atomic E-state index is -3.43. The molecule has 0 radical (unpaired) electrons. The predicted molar refractivity (Wildman–Crippen MR) is 71.7 cm³/mol. The maximum atomic E-state index is 12.1. The standard InChI is InChI=1S/C11H18N2O3S2/c1-16-10-4-7-17-11(10)18(14,15)13-6-3-9-2-5-12-8-9/h4,7,9,12-13H,2-3,5-6,8H2,1H3. The molecule has 1 atom stereocenters. The Hall–Kier alpha value is -0.630. The number of sulfonamides is 1. The number of ether oxygens (including phenoxy) is 1. The Labute approximate surface area is 112 Å². The molecule has 1 fully saturated rings. The highest BCUT2D eigenvalue weighted by Crippen LogP contribution is 2.29. The molecule has 1 saturated heterocycles. The van der Waals surface area contributed by atoms with Crippen LogP contribution in [0.1, 0.15) is 12.8 Å². The summed E-state index contributed by atoms with van der Waals surface area (Å²) in [5.74, 6) is 0.993. The maximum Gasteiger partial charge on any atom is 0.253 e. The van der Waals surface area contributed by atoms with Crippen molar-refractivity contribution in [3.8, 4) is 5.75 Å². The molecule has 1 unspecified atom stereocenters. The molecule has 1 aromatic heterocycles. The van der Waals surface area contributed by atoms with Crippen LogP contribution in [0.2, 0.25) is 0 Å². The van der Waals surface area contributed by atoms with Crippen molar-refractivity contribution in [3.05, 3.63) is 11.4 Å². The van der Waals surface area contributed by atoms with Crippen molar-refractivity contribution >= 4 is 21.4 Å². The van der Waals surface area contributed by atoms with E-state index in [1.165, 1.54) is 18.4 Å². The zero-order chi connectivity index (χ0) is 13.0.